The molecule has 0 bridgehead atoms. The van der Waals surface area contributed by atoms with Gasteiger partial charge in [0.2, 0.25) is 0 Å². The van der Waals surface area contributed by atoms with E-state index in [0.29, 0.717) is 4.99 Å². The molecule has 0 radical (unpaired) electrons. The van der Waals surface area contributed by atoms with Gasteiger partial charge in [-0.15, -0.1) is 6.42 Å². The fourth-order valence-corrected chi connectivity index (χ4v) is 0.392. The molecule has 8 heavy (non-hydrogen) atoms. The molecule has 0 aromatic carbocycles. The summed E-state index contributed by atoms with van der Waals surface area (Å²) < 4.78 is 0. The summed E-state index contributed by atoms with van der Waals surface area (Å²) in [6.45, 7) is 2.94. The molecule has 1 nitrogen and oxygen atoms in total. The average Bonchev–Trinajstić information content (AvgIpc) is 1.83. The SMILES string of the molecule is C#CC(=S)NCCC. The molecule has 0 aromatic rings. The predicted octanol–water partition coefficient (Wildman–Crippen LogP) is 0.947. The monoisotopic (exact) mass is 127 g/mol. The van der Waals surface area contributed by atoms with Gasteiger partial charge in [-0.3, -0.25) is 0 Å². The Kier molecular flexibility index (Phi) is 4.29. The molecule has 0 fully saturated rings. The van der Waals surface area contributed by atoms with E-state index in [-0.39, 0.29) is 0 Å². The highest BCUT2D eigenvalue weighted by Gasteiger charge is 1.82. The number of terminal acetylenes is 1. The Labute approximate surface area is 55.5 Å². The Bertz CT molecular complexity index is 112. The molecule has 0 spiro atoms. The smallest absolute Gasteiger partial charge is 0.150 e. The van der Waals surface area contributed by atoms with E-state index in [2.05, 4.69) is 30.4 Å². The Morgan fingerprint density at radius 1 is 1.88 bits per heavy atom. The van der Waals surface area contributed by atoms with Gasteiger partial charge in [-0.25, -0.2) is 0 Å². The summed E-state index contributed by atoms with van der Waals surface area (Å²) >= 11 is 4.67. The van der Waals surface area contributed by atoms with Crippen LogP contribution in [0.4, 0.5) is 0 Å². The predicted molar refractivity (Wildman–Crippen MR) is 39.7 cm³/mol. The molecular weight excluding hydrogens is 118 g/mol. The van der Waals surface area contributed by atoms with Crippen molar-refractivity contribution in [2.24, 2.45) is 0 Å². The molecule has 0 aliphatic carbocycles. The number of hydrogen-bond acceptors (Lipinski definition) is 1. The van der Waals surface area contributed by atoms with Crippen molar-refractivity contribution in [1.29, 1.82) is 0 Å². The number of hydrogen-bond donors (Lipinski definition) is 1. The van der Waals surface area contributed by atoms with Crippen LogP contribution in [0.15, 0.2) is 0 Å². The van der Waals surface area contributed by atoms with Gasteiger partial charge >= 0.3 is 0 Å². The Hall–Kier alpha value is -0.550. The molecule has 0 atom stereocenters. The molecular formula is C6H9NS. The minimum atomic E-state index is 0.506. The highest BCUT2D eigenvalue weighted by Crippen LogP contribution is 1.71. The molecule has 0 aliphatic heterocycles. The second-order valence-corrected chi connectivity index (χ2v) is 1.81. The lowest BCUT2D eigenvalue weighted by Crippen LogP contribution is -2.19. The Morgan fingerprint density at radius 2 is 2.50 bits per heavy atom. The van der Waals surface area contributed by atoms with Crippen molar-refractivity contribution in [3.05, 3.63) is 0 Å². The van der Waals surface area contributed by atoms with Gasteiger partial charge in [0.25, 0.3) is 0 Å². The van der Waals surface area contributed by atoms with Crippen molar-refractivity contribution in [2.45, 2.75) is 13.3 Å². The quantitative estimate of drug-likeness (QED) is 0.438. The van der Waals surface area contributed by atoms with Crippen LogP contribution in [0.2, 0.25) is 0 Å². The third-order valence-corrected chi connectivity index (χ3v) is 0.929. The van der Waals surface area contributed by atoms with Gasteiger partial charge in [0.05, 0.1) is 0 Å². The second kappa shape index (κ2) is 4.61. The first-order valence-electron chi connectivity index (χ1n) is 2.55. The van der Waals surface area contributed by atoms with Gasteiger partial charge in [-0.05, 0) is 12.3 Å². The van der Waals surface area contributed by atoms with Gasteiger partial charge in [-0.2, -0.15) is 0 Å². The van der Waals surface area contributed by atoms with Crippen LogP contribution in [0.5, 0.6) is 0 Å². The van der Waals surface area contributed by atoms with Crippen molar-refractivity contribution in [1.82, 2.24) is 5.32 Å². The number of nitrogens with one attached hydrogen (secondary N) is 1. The molecule has 0 amide bonds. The van der Waals surface area contributed by atoms with Gasteiger partial charge in [-0.1, -0.05) is 19.1 Å². The zero-order chi connectivity index (χ0) is 6.41. The van der Waals surface area contributed by atoms with Crippen LogP contribution in [-0.2, 0) is 0 Å². The Balaban J connectivity index is 3.16. The number of rotatable bonds is 2. The van der Waals surface area contributed by atoms with Gasteiger partial charge in [0.15, 0.2) is 4.99 Å². The van der Waals surface area contributed by atoms with Crippen LogP contribution in [0.3, 0.4) is 0 Å². The minimum absolute atomic E-state index is 0.506. The molecule has 0 heterocycles. The largest absolute Gasteiger partial charge is 0.369 e. The summed E-state index contributed by atoms with van der Waals surface area (Å²) in [5, 5.41) is 2.88. The first-order chi connectivity index (χ1) is 3.81. The first-order valence-corrected chi connectivity index (χ1v) is 2.96. The lowest BCUT2D eigenvalue weighted by Gasteiger charge is -1.96. The van der Waals surface area contributed by atoms with E-state index >= 15 is 0 Å². The summed E-state index contributed by atoms with van der Waals surface area (Å²) in [5.41, 5.74) is 0. The average molecular weight is 127 g/mol. The molecule has 0 aromatic heterocycles. The highest BCUT2D eigenvalue weighted by atomic mass is 32.1. The lowest BCUT2D eigenvalue weighted by atomic mass is 10.5. The van der Waals surface area contributed by atoms with Crippen molar-refractivity contribution in [3.63, 3.8) is 0 Å². The topological polar surface area (TPSA) is 12.0 Å². The third-order valence-electron chi connectivity index (χ3n) is 0.667. The van der Waals surface area contributed by atoms with E-state index in [1.165, 1.54) is 0 Å². The van der Waals surface area contributed by atoms with Gasteiger partial charge in [0, 0.05) is 6.54 Å². The molecule has 0 rings (SSSR count). The maximum absolute atomic E-state index is 4.96. The minimum Gasteiger partial charge on any atom is -0.369 e. The molecule has 0 saturated heterocycles. The van der Waals surface area contributed by atoms with E-state index in [1.807, 2.05) is 0 Å². The van der Waals surface area contributed by atoms with Crippen molar-refractivity contribution < 1.29 is 0 Å². The van der Waals surface area contributed by atoms with E-state index in [9.17, 15) is 0 Å². The molecule has 0 saturated carbocycles. The van der Waals surface area contributed by atoms with Crippen LogP contribution in [0, 0.1) is 12.3 Å². The summed E-state index contributed by atoms with van der Waals surface area (Å²) in [5.74, 6) is 2.32. The van der Waals surface area contributed by atoms with Crippen LogP contribution < -0.4 is 5.32 Å². The third kappa shape index (κ3) is 3.63. The maximum atomic E-state index is 4.96. The van der Waals surface area contributed by atoms with Crippen LogP contribution >= 0.6 is 12.2 Å². The summed E-state index contributed by atoms with van der Waals surface area (Å²) in [6, 6.07) is 0. The second-order valence-electron chi connectivity index (χ2n) is 1.40. The maximum Gasteiger partial charge on any atom is 0.150 e. The number of thiocarbonyl (C=S) groups is 1. The highest BCUT2D eigenvalue weighted by molar-refractivity contribution is 7.80. The zero-order valence-electron chi connectivity index (χ0n) is 4.90. The van der Waals surface area contributed by atoms with Crippen molar-refractivity contribution in [3.8, 4) is 12.3 Å². The van der Waals surface area contributed by atoms with Crippen molar-refractivity contribution >= 4 is 17.2 Å². The van der Waals surface area contributed by atoms with E-state index in [0.717, 1.165) is 13.0 Å². The zero-order valence-corrected chi connectivity index (χ0v) is 5.72. The van der Waals surface area contributed by atoms with Gasteiger partial charge < -0.3 is 5.32 Å². The molecule has 44 valence electrons. The lowest BCUT2D eigenvalue weighted by molar-refractivity contribution is 0.851. The van der Waals surface area contributed by atoms with Crippen molar-refractivity contribution in [2.75, 3.05) is 6.54 Å². The fraction of sp³-hybridized carbons (Fsp3) is 0.500. The summed E-state index contributed by atoms with van der Waals surface area (Å²) in [4.78, 5) is 0.506. The van der Waals surface area contributed by atoms with Crippen LogP contribution in [-0.4, -0.2) is 11.5 Å². The first kappa shape index (κ1) is 7.45. The van der Waals surface area contributed by atoms with Gasteiger partial charge in [0.1, 0.15) is 0 Å². The molecule has 2 heteroatoms. The molecule has 0 unspecified atom stereocenters. The van der Waals surface area contributed by atoms with Crippen LogP contribution in [0.1, 0.15) is 13.3 Å². The molecule has 1 N–H and O–H groups in total. The van der Waals surface area contributed by atoms with E-state index in [1.54, 1.807) is 0 Å². The fourth-order valence-electron chi connectivity index (χ4n) is 0.290. The van der Waals surface area contributed by atoms with E-state index in [4.69, 9.17) is 6.42 Å². The standard InChI is InChI=1S/C6H9NS/c1-3-5-7-6(8)4-2/h2H,3,5H2,1H3,(H,7,8). The summed E-state index contributed by atoms with van der Waals surface area (Å²) in [6.07, 6.45) is 6.02. The molecule has 0 aliphatic rings. The Morgan fingerprint density at radius 3 is 2.88 bits per heavy atom. The summed E-state index contributed by atoms with van der Waals surface area (Å²) in [7, 11) is 0. The van der Waals surface area contributed by atoms with Crippen LogP contribution in [0.25, 0.3) is 0 Å². The van der Waals surface area contributed by atoms with E-state index < -0.39 is 0 Å². The normalized spacial score (nSPS) is 7.50.